The SMILES string of the molecule is [C-]#[N+]c1cccc(-c2noc(NC(=O)c3ccc(Br)cc3)c2C(=O)O)c1. The second-order valence-corrected chi connectivity index (χ2v) is 6.08. The van der Waals surface area contributed by atoms with Crippen LogP contribution in [-0.4, -0.2) is 22.1 Å². The summed E-state index contributed by atoms with van der Waals surface area (Å²) < 4.78 is 5.86. The molecule has 0 saturated heterocycles. The van der Waals surface area contributed by atoms with Gasteiger partial charge in [0, 0.05) is 10.0 Å². The molecule has 8 heteroatoms. The first kappa shape index (κ1) is 17.4. The second kappa shape index (κ2) is 7.21. The van der Waals surface area contributed by atoms with Crippen molar-refractivity contribution in [1.29, 1.82) is 0 Å². The Labute approximate surface area is 156 Å². The third kappa shape index (κ3) is 3.48. The largest absolute Gasteiger partial charge is 0.477 e. The molecule has 0 atom stereocenters. The highest BCUT2D eigenvalue weighted by Crippen LogP contribution is 2.31. The van der Waals surface area contributed by atoms with Gasteiger partial charge in [-0.1, -0.05) is 39.3 Å². The quantitative estimate of drug-likeness (QED) is 0.611. The van der Waals surface area contributed by atoms with E-state index in [0.717, 1.165) is 4.47 Å². The normalized spacial score (nSPS) is 10.2. The van der Waals surface area contributed by atoms with E-state index in [4.69, 9.17) is 11.1 Å². The van der Waals surface area contributed by atoms with Gasteiger partial charge in [0.15, 0.2) is 11.3 Å². The van der Waals surface area contributed by atoms with E-state index in [1.807, 2.05) is 0 Å². The van der Waals surface area contributed by atoms with Gasteiger partial charge in [-0.25, -0.2) is 9.64 Å². The van der Waals surface area contributed by atoms with Gasteiger partial charge in [0.05, 0.1) is 6.57 Å². The minimum absolute atomic E-state index is 0.0362. The summed E-state index contributed by atoms with van der Waals surface area (Å²) in [5.41, 5.74) is 0.829. The molecular formula is C18H10BrN3O4. The number of carboxylic acids is 1. The molecule has 0 aliphatic heterocycles. The Hall–Kier alpha value is -3.44. The molecule has 0 fully saturated rings. The van der Waals surface area contributed by atoms with E-state index < -0.39 is 11.9 Å². The number of carbonyl (C=O) groups is 2. The van der Waals surface area contributed by atoms with Gasteiger partial charge < -0.3 is 9.63 Å². The third-order valence-corrected chi connectivity index (χ3v) is 4.02. The molecule has 3 aromatic rings. The molecule has 0 aliphatic carbocycles. The Kier molecular flexibility index (Phi) is 4.82. The number of amides is 1. The molecule has 7 nitrogen and oxygen atoms in total. The van der Waals surface area contributed by atoms with Crippen LogP contribution >= 0.6 is 15.9 Å². The van der Waals surface area contributed by atoms with Crippen LogP contribution in [-0.2, 0) is 0 Å². The molecule has 0 aliphatic rings. The van der Waals surface area contributed by atoms with Crippen molar-refractivity contribution in [3.63, 3.8) is 0 Å². The highest BCUT2D eigenvalue weighted by atomic mass is 79.9. The summed E-state index contributed by atoms with van der Waals surface area (Å²) in [6, 6.07) is 12.9. The number of carbonyl (C=O) groups excluding carboxylic acids is 1. The lowest BCUT2D eigenvalue weighted by atomic mass is 10.1. The highest BCUT2D eigenvalue weighted by molar-refractivity contribution is 9.10. The monoisotopic (exact) mass is 411 g/mol. The zero-order valence-electron chi connectivity index (χ0n) is 13.1. The summed E-state index contributed by atoms with van der Waals surface area (Å²) in [6.45, 7) is 7.05. The first-order valence-electron chi connectivity index (χ1n) is 7.27. The van der Waals surface area contributed by atoms with Crippen molar-refractivity contribution in [2.45, 2.75) is 0 Å². The molecule has 1 aromatic heterocycles. The summed E-state index contributed by atoms with van der Waals surface area (Å²) in [5.74, 6) is -2.10. The van der Waals surface area contributed by atoms with E-state index >= 15 is 0 Å². The summed E-state index contributed by atoms with van der Waals surface area (Å²) in [5, 5.41) is 15.7. The van der Waals surface area contributed by atoms with E-state index in [2.05, 4.69) is 31.2 Å². The maximum Gasteiger partial charge on any atom is 0.343 e. The number of halogens is 1. The topological polar surface area (TPSA) is 96.8 Å². The zero-order chi connectivity index (χ0) is 18.7. The van der Waals surface area contributed by atoms with Crippen molar-refractivity contribution in [3.8, 4) is 11.3 Å². The number of nitrogens with zero attached hydrogens (tertiary/aromatic N) is 2. The van der Waals surface area contributed by atoms with Gasteiger partial charge in [0.25, 0.3) is 5.91 Å². The molecule has 0 spiro atoms. The number of hydrogen-bond acceptors (Lipinski definition) is 4. The molecule has 2 N–H and O–H groups in total. The van der Waals surface area contributed by atoms with Crippen LogP contribution < -0.4 is 5.32 Å². The van der Waals surface area contributed by atoms with Crippen LogP contribution in [0.5, 0.6) is 0 Å². The van der Waals surface area contributed by atoms with E-state index in [-0.39, 0.29) is 17.1 Å². The van der Waals surface area contributed by atoms with Gasteiger partial charge in [0.1, 0.15) is 5.69 Å². The van der Waals surface area contributed by atoms with Crippen LogP contribution in [0.25, 0.3) is 16.1 Å². The summed E-state index contributed by atoms with van der Waals surface area (Å²) in [4.78, 5) is 27.3. The van der Waals surface area contributed by atoms with E-state index in [9.17, 15) is 14.7 Å². The number of hydrogen-bond donors (Lipinski definition) is 2. The smallest absolute Gasteiger partial charge is 0.343 e. The molecule has 26 heavy (non-hydrogen) atoms. The maximum absolute atomic E-state index is 12.3. The number of anilines is 1. The molecule has 2 aromatic carbocycles. The minimum Gasteiger partial charge on any atom is -0.477 e. The van der Waals surface area contributed by atoms with Crippen molar-refractivity contribution in [2.75, 3.05) is 5.32 Å². The molecule has 128 valence electrons. The average molecular weight is 412 g/mol. The minimum atomic E-state index is -1.31. The average Bonchev–Trinajstić information content (AvgIpc) is 3.06. The van der Waals surface area contributed by atoms with Crippen LogP contribution in [0, 0.1) is 6.57 Å². The molecule has 1 amide bonds. The first-order valence-corrected chi connectivity index (χ1v) is 8.06. The van der Waals surface area contributed by atoms with Crippen molar-refractivity contribution >= 4 is 39.4 Å². The number of aromatic nitrogens is 1. The van der Waals surface area contributed by atoms with Crippen LogP contribution in [0.3, 0.4) is 0 Å². The second-order valence-electron chi connectivity index (χ2n) is 5.16. The lowest BCUT2D eigenvalue weighted by Gasteiger charge is -2.03. The Balaban J connectivity index is 1.97. The zero-order valence-corrected chi connectivity index (χ0v) is 14.6. The van der Waals surface area contributed by atoms with Gasteiger partial charge in [-0.05, 0) is 35.9 Å². The van der Waals surface area contributed by atoms with Crippen LogP contribution in [0.1, 0.15) is 20.7 Å². The first-order chi connectivity index (χ1) is 12.5. The van der Waals surface area contributed by atoms with Crippen LogP contribution in [0.15, 0.2) is 57.5 Å². The number of rotatable bonds is 4. The Morgan fingerprint density at radius 3 is 2.58 bits per heavy atom. The number of aromatic carboxylic acids is 1. The van der Waals surface area contributed by atoms with Crippen molar-refractivity contribution in [3.05, 3.63) is 75.5 Å². The fourth-order valence-electron chi connectivity index (χ4n) is 2.27. The number of carboxylic acid groups (broad SMARTS) is 1. The van der Waals surface area contributed by atoms with E-state index in [1.54, 1.807) is 42.5 Å². The predicted molar refractivity (Wildman–Crippen MR) is 97.3 cm³/mol. The third-order valence-electron chi connectivity index (χ3n) is 3.49. The molecule has 0 bridgehead atoms. The van der Waals surface area contributed by atoms with Gasteiger partial charge in [-0.15, -0.1) is 0 Å². The molecule has 0 saturated carbocycles. The van der Waals surface area contributed by atoms with Crippen LogP contribution in [0.4, 0.5) is 11.6 Å². The lowest BCUT2D eigenvalue weighted by Crippen LogP contribution is -2.13. The Bertz CT molecular complexity index is 1040. The fraction of sp³-hybridized carbons (Fsp3) is 0. The highest BCUT2D eigenvalue weighted by Gasteiger charge is 2.25. The molecule has 0 unspecified atom stereocenters. The molecule has 1 heterocycles. The van der Waals surface area contributed by atoms with Gasteiger partial charge in [-0.2, -0.15) is 0 Å². The fourth-order valence-corrected chi connectivity index (χ4v) is 2.53. The maximum atomic E-state index is 12.3. The lowest BCUT2D eigenvalue weighted by molar-refractivity contribution is 0.0698. The van der Waals surface area contributed by atoms with Crippen LogP contribution in [0.2, 0.25) is 0 Å². The molecular weight excluding hydrogens is 402 g/mol. The predicted octanol–water partition coefficient (Wildman–Crippen LogP) is 4.61. The molecule has 3 rings (SSSR count). The van der Waals surface area contributed by atoms with E-state index in [1.165, 1.54) is 6.07 Å². The van der Waals surface area contributed by atoms with Crippen molar-refractivity contribution in [2.24, 2.45) is 0 Å². The van der Waals surface area contributed by atoms with Crippen molar-refractivity contribution in [1.82, 2.24) is 5.16 Å². The Morgan fingerprint density at radius 1 is 1.19 bits per heavy atom. The van der Waals surface area contributed by atoms with Crippen molar-refractivity contribution < 1.29 is 19.2 Å². The molecule has 0 radical (unpaired) electrons. The number of benzene rings is 2. The van der Waals surface area contributed by atoms with E-state index in [0.29, 0.717) is 16.8 Å². The summed E-state index contributed by atoms with van der Waals surface area (Å²) >= 11 is 3.27. The van der Waals surface area contributed by atoms with Gasteiger partial charge in [-0.3, -0.25) is 10.1 Å². The summed E-state index contributed by atoms with van der Waals surface area (Å²) in [6.07, 6.45) is 0. The van der Waals surface area contributed by atoms with Gasteiger partial charge >= 0.3 is 5.97 Å². The standard InChI is InChI=1S/C18H10BrN3O4/c1-20-13-4-2-3-11(9-13)15-14(18(24)25)17(26-22-15)21-16(23)10-5-7-12(19)8-6-10/h2-9H,(H,21,23)(H,24,25). The summed E-state index contributed by atoms with van der Waals surface area (Å²) in [7, 11) is 0. The Morgan fingerprint density at radius 2 is 1.92 bits per heavy atom. The van der Waals surface area contributed by atoms with Gasteiger partial charge in [0.2, 0.25) is 5.88 Å². The number of nitrogens with one attached hydrogen (secondary N) is 1.